The molecule has 74 valence electrons. The van der Waals surface area contributed by atoms with Gasteiger partial charge in [0.15, 0.2) is 0 Å². The Bertz CT molecular complexity index is 107. The average Bonchev–Trinajstić information content (AvgIpc) is 2.02. The molecule has 0 bridgehead atoms. The van der Waals surface area contributed by atoms with E-state index in [0.717, 1.165) is 19.3 Å². The molecule has 0 heterocycles. The van der Waals surface area contributed by atoms with E-state index in [9.17, 15) is 5.11 Å². The Morgan fingerprint density at radius 1 is 1.25 bits per heavy atom. The van der Waals surface area contributed by atoms with Gasteiger partial charge < -0.3 is 10.2 Å². The molecule has 12 heavy (non-hydrogen) atoms. The van der Waals surface area contributed by atoms with Gasteiger partial charge >= 0.3 is 0 Å². The molecule has 3 atom stereocenters. The minimum absolute atomic E-state index is 0.159. The maximum absolute atomic E-state index is 9.30. The summed E-state index contributed by atoms with van der Waals surface area (Å²) >= 11 is 5.88. The van der Waals surface area contributed by atoms with Crippen LogP contribution in [0.5, 0.6) is 0 Å². The second-order valence-corrected chi connectivity index (χ2v) is 3.83. The van der Waals surface area contributed by atoms with Crippen molar-refractivity contribution in [2.45, 2.75) is 57.1 Å². The molecule has 0 aliphatic rings. The van der Waals surface area contributed by atoms with E-state index in [4.69, 9.17) is 16.7 Å². The highest BCUT2D eigenvalue weighted by Gasteiger charge is 2.13. The van der Waals surface area contributed by atoms with Gasteiger partial charge in [-0.1, -0.05) is 6.92 Å². The monoisotopic (exact) mass is 194 g/mol. The van der Waals surface area contributed by atoms with Crippen LogP contribution in [0.3, 0.4) is 0 Å². The Kier molecular flexibility index (Phi) is 6.81. The van der Waals surface area contributed by atoms with Crippen molar-refractivity contribution in [2.24, 2.45) is 0 Å². The molecule has 0 spiro atoms. The van der Waals surface area contributed by atoms with Crippen LogP contribution >= 0.6 is 11.6 Å². The van der Waals surface area contributed by atoms with Crippen molar-refractivity contribution >= 4 is 11.6 Å². The number of hydrogen-bond donors (Lipinski definition) is 2. The Balaban J connectivity index is 3.37. The third-order valence-corrected chi connectivity index (χ3v) is 2.45. The number of hydrogen-bond acceptors (Lipinski definition) is 2. The number of alkyl halides is 1. The lowest BCUT2D eigenvalue weighted by Crippen LogP contribution is -2.19. The molecule has 0 fully saturated rings. The van der Waals surface area contributed by atoms with Crippen molar-refractivity contribution in [3.05, 3.63) is 0 Å². The van der Waals surface area contributed by atoms with E-state index in [1.807, 2.05) is 6.92 Å². The summed E-state index contributed by atoms with van der Waals surface area (Å²) in [6, 6.07) is 0. The molecule has 0 radical (unpaired) electrons. The van der Waals surface area contributed by atoms with Crippen LogP contribution in [0.25, 0.3) is 0 Å². The number of aliphatic hydroxyl groups excluding tert-OH is 2. The molecular weight excluding hydrogens is 176 g/mol. The quantitative estimate of drug-likeness (QED) is 0.635. The number of aliphatic hydroxyl groups is 2. The van der Waals surface area contributed by atoms with Crippen molar-refractivity contribution in [3.63, 3.8) is 0 Å². The molecule has 2 nitrogen and oxygen atoms in total. The van der Waals surface area contributed by atoms with Gasteiger partial charge in [-0.2, -0.15) is 0 Å². The first-order chi connectivity index (χ1) is 5.57. The molecule has 0 amide bonds. The fraction of sp³-hybridized carbons (Fsp3) is 1.00. The van der Waals surface area contributed by atoms with Crippen LogP contribution in [0, 0.1) is 0 Å². The molecule has 0 aromatic heterocycles. The summed E-state index contributed by atoms with van der Waals surface area (Å²) in [5.74, 6) is 0. The fourth-order valence-electron chi connectivity index (χ4n) is 1.06. The van der Waals surface area contributed by atoms with Crippen LogP contribution in [0.4, 0.5) is 0 Å². The predicted molar refractivity (Wildman–Crippen MR) is 51.5 cm³/mol. The van der Waals surface area contributed by atoms with Crippen molar-refractivity contribution in [2.75, 3.05) is 0 Å². The third-order valence-electron chi connectivity index (χ3n) is 1.94. The molecule has 0 saturated carbocycles. The Morgan fingerprint density at radius 2 is 1.83 bits per heavy atom. The summed E-state index contributed by atoms with van der Waals surface area (Å²) in [7, 11) is 0. The SMILES string of the molecule is CCC(O)C(Cl)CCCC(C)O. The molecule has 0 aliphatic carbocycles. The van der Waals surface area contributed by atoms with Gasteiger partial charge in [0.2, 0.25) is 0 Å². The van der Waals surface area contributed by atoms with Crippen LogP contribution in [0.1, 0.15) is 39.5 Å². The van der Waals surface area contributed by atoms with Gasteiger partial charge in [0.25, 0.3) is 0 Å². The van der Waals surface area contributed by atoms with Gasteiger partial charge in [0.1, 0.15) is 0 Å². The first-order valence-electron chi connectivity index (χ1n) is 4.58. The Hall–Kier alpha value is 0.210. The zero-order valence-electron chi connectivity index (χ0n) is 7.83. The predicted octanol–water partition coefficient (Wildman–Crippen LogP) is 1.92. The summed E-state index contributed by atoms with van der Waals surface area (Å²) in [6.45, 7) is 3.67. The lowest BCUT2D eigenvalue weighted by atomic mass is 10.1. The standard InChI is InChI=1S/C9H19ClO2/c1-3-9(12)8(10)6-4-5-7(2)11/h7-9,11-12H,3-6H2,1-2H3. The molecule has 0 saturated heterocycles. The van der Waals surface area contributed by atoms with E-state index >= 15 is 0 Å². The maximum Gasteiger partial charge on any atom is 0.0701 e. The normalized spacial score (nSPS) is 18.8. The minimum Gasteiger partial charge on any atom is -0.393 e. The van der Waals surface area contributed by atoms with Crippen molar-refractivity contribution in [1.82, 2.24) is 0 Å². The van der Waals surface area contributed by atoms with Gasteiger partial charge in [-0.15, -0.1) is 11.6 Å². The fourth-order valence-corrected chi connectivity index (χ4v) is 1.39. The first kappa shape index (κ1) is 12.2. The molecule has 0 rings (SSSR count). The van der Waals surface area contributed by atoms with Crippen molar-refractivity contribution in [3.8, 4) is 0 Å². The Labute approximate surface area is 79.6 Å². The smallest absolute Gasteiger partial charge is 0.0701 e. The lowest BCUT2D eigenvalue weighted by Gasteiger charge is -2.14. The van der Waals surface area contributed by atoms with E-state index in [-0.39, 0.29) is 11.5 Å². The van der Waals surface area contributed by atoms with Crippen LogP contribution < -0.4 is 0 Å². The molecule has 0 aliphatic heterocycles. The first-order valence-corrected chi connectivity index (χ1v) is 5.01. The van der Waals surface area contributed by atoms with Gasteiger partial charge in [-0.05, 0) is 32.6 Å². The van der Waals surface area contributed by atoms with Crippen LogP contribution in [-0.2, 0) is 0 Å². The second kappa shape index (κ2) is 6.70. The summed E-state index contributed by atoms with van der Waals surface area (Å²) in [5, 5.41) is 18.1. The van der Waals surface area contributed by atoms with Gasteiger partial charge in [-0.3, -0.25) is 0 Å². The molecular formula is C9H19ClO2. The van der Waals surface area contributed by atoms with E-state index < -0.39 is 6.10 Å². The highest BCUT2D eigenvalue weighted by atomic mass is 35.5. The highest BCUT2D eigenvalue weighted by molar-refractivity contribution is 6.21. The summed E-state index contributed by atoms with van der Waals surface area (Å²) in [5.41, 5.74) is 0. The van der Waals surface area contributed by atoms with E-state index in [2.05, 4.69) is 0 Å². The zero-order valence-corrected chi connectivity index (χ0v) is 8.59. The summed E-state index contributed by atoms with van der Waals surface area (Å²) < 4.78 is 0. The molecule has 0 aromatic carbocycles. The average molecular weight is 195 g/mol. The molecule has 0 aromatic rings. The van der Waals surface area contributed by atoms with Gasteiger partial charge in [0, 0.05) is 0 Å². The second-order valence-electron chi connectivity index (χ2n) is 3.27. The highest BCUT2D eigenvalue weighted by Crippen LogP contribution is 2.14. The zero-order chi connectivity index (χ0) is 9.56. The Morgan fingerprint density at radius 3 is 2.25 bits per heavy atom. The lowest BCUT2D eigenvalue weighted by molar-refractivity contribution is 0.152. The summed E-state index contributed by atoms with van der Waals surface area (Å²) in [4.78, 5) is 0. The van der Waals surface area contributed by atoms with Crippen LogP contribution in [-0.4, -0.2) is 27.8 Å². The van der Waals surface area contributed by atoms with Crippen molar-refractivity contribution < 1.29 is 10.2 Å². The molecule has 3 unspecified atom stereocenters. The molecule has 3 heteroatoms. The van der Waals surface area contributed by atoms with Gasteiger partial charge in [0.05, 0.1) is 17.6 Å². The maximum atomic E-state index is 9.30. The summed E-state index contributed by atoms with van der Waals surface area (Å²) in [6.07, 6.45) is 2.46. The van der Waals surface area contributed by atoms with E-state index in [0.29, 0.717) is 6.42 Å². The number of halogens is 1. The topological polar surface area (TPSA) is 40.5 Å². The largest absolute Gasteiger partial charge is 0.393 e. The van der Waals surface area contributed by atoms with Crippen LogP contribution in [0.2, 0.25) is 0 Å². The van der Waals surface area contributed by atoms with E-state index in [1.54, 1.807) is 6.92 Å². The van der Waals surface area contributed by atoms with Gasteiger partial charge in [-0.25, -0.2) is 0 Å². The number of rotatable bonds is 6. The van der Waals surface area contributed by atoms with Crippen molar-refractivity contribution in [1.29, 1.82) is 0 Å². The minimum atomic E-state index is -0.402. The molecule has 2 N–H and O–H groups in total. The van der Waals surface area contributed by atoms with Crippen LogP contribution in [0.15, 0.2) is 0 Å². The van der Waals surface area contributed by atoms with E-state index in [1.165, 1.54) is 0 Å². The third kappa shape index (κ3) is 5.81.